The van der Waals surface area contributed by atoms with E-state index in [1.54, 1.807) is 6.07 Å². The summed E-state index contributed by atoms with van der Waals surface area (Å²) in [5.74, 6) is 0.996. The Morgan fingerprint density at radius 1 is 1.29 bits per heavy atom. The van der Waals surface area contributed by atoms with Gasteiger partial charge >= 0.3 is 0 Å². The van der Waals surface area contributed by atoms with E-state index in [1.165, 1.54) is 17.8 Å². The van der Waals surface area contributed by atoms with E-state index < -0.39 is 4.92 Å². The molecule has 2 fully saturated rings. The number of hydrogen-bond donors (Lipinski definition) is 3. The van der Waals surface area contributed by atoms with Gasteiger partial charge in [0, 0.05) is 22.8 Å². The molecule has 1 aromatic carbocycles. The predicted molar refractivity (Wildman–Crippen MR) is 85.6 cm³/mol. The number of hydrazine groups is 1. The van der Waals surface area contributed by atoms with Crippen molar-refractivity contribution >= 4 is 23.4 Å². The third kappa shape index (κ3) is 2.46. The van der Waals surface area contributed by atoms with Crippen LogP contribution in [0, 0.1) is 16.0 Å². The first-order valence-corrected chi connectivity index (χ1v) is 8.59. The van der Waals surface area contributed by atoms with Gasteiger partial charge in [0.1, 0.15) is 0 Å². The van der Waals surface area contributed by atoms with E-state index in [4.69, 9.17) is 9.47 Å². The zero-order valence-corrected chi connectivity index (χ0v) is 13.6. The fraction of sp³-hybridized carbons (Fsp3) is 0.500. The number of benzene rings is 1. The molecular weight excluding hydrogens is 336 g/mol. The molecule has 10 heteroatoms. The molecule has 0 bridgehead atoms. The van der Waals surface area contributed by atoms with Crippen molar-refractivity contribution < 1.29 is 19.2 Å². The molecule has 3 N–H and O–H groups in total. The zero-order chi connectivity index (χ0) is 16.8. The molecule has 3 heterocycles. The van der Waals surface area contributed by atoms with Gasteiger partial charge in [0.2, 0.25) is 12.7 Å². The molecule has 24 heavy (non-hydrogen) atoms. The normalized spacial score (nSPS) is 31.3. The molecule has 0 aromatic heterocycles. The lowest BCUT2D eigenvalue weighted by Gasteiger charge is -2.26. The molecule has 2 saturated heterocycles. The van der Waals surface area contributed by atoms with Crippen LogP contribution in [0.4, 0.5) is 5.69 Å². The Morgan fingerprint density at radius 3 is 2.79 bits per heavy atom. The Morgan fingerprint density at radius 2 is 2.04 bits per heavy atom. The second-order valence-electron chi connectivity index (χ2n) is 5.95. The van der Waals surface area contributed by atoms with Gasteiger partial charge in [0.15, 0.2) is 11.5 Å². The van der Waals surface area contributed by atoms with Gasteiger partial charge in [-0.15, -0.1) is 11.8 Å². The Balaban J connectivity index is 1.81. The number of amides is 1. The number of nitro benzene ring substituents is 1. The summed E-state index contributed by atoms with van der Waals surface area (Å²) in [5, 5.41) is 14.3. The van der Waals surface area contributed by atoms with Crippen molar-refractivity contribution in [3.05, 3.63) is 27.8 Å². The fourth-order valence-corrected chi connectivity index (χ4v) is 4.79. The number of nitrogens with one attached hydrogen (secondary N) is 3. The van der Waals surface area contributed by atoms with Crippen LogP contribution in [0.1, 0.15) is 17.7 Å². The SMILES string of the molecule is CC1NNC2NC(=O)CSC(c3cc4c(cc3[N+](=O)[O-])OCO4)C12. The Kier molecular flexibility index (Phi) is 3.74. The zero-order valence-electron chi connectivity index (χ0n) is 12.8. The Hall–Kier alpha value is -2.04. The van der Waals surface area contributed by atoms with Crippen molar-refractivity contribution in [1.82, 2.24) is 16.2 Å². The highest BCUT2D eigenvalue weighted by molar-refractivity contribution is 8.00. The van der Waals surface area contributed by atoms with Crippen LogP contribution in [-0.2, 0) is 4.79 Å². The van der Waals surface area contributed by atoms with E-state index in [9.17, 15) is 14.9 Å². The lowest BCUT2D eigenvalue weighted by molar-refractivity contribution is -0.385. The summed E-state index contributed by atoms with van der Waals surface area (Å²) in [7, 11) is 0. The van der Waals surface area contributed by atoms with Crippen LogP contribution in [-0.4, -0.2) is 35.6 Å². The molecule has 4 rings (SSSR count). The van der Waals surface area contributed by atoms with E-state index in [1.807, 2.05) is 6.92 Å². The van der Waals surface area contributed by atoms with Crippen molar-refractivity contribution in [3.63, 3.8) is 0 Å². The second kappa shape index (κ2) is 5.80. The van der Waals surface area contributed by atoms with Crippen LogP contribution in [0.3, 0.4) is 0 Å². The summed E-state index contributed by atoms with van der Waals surface area (Å²) in [6.07, 6.45) is -0.280. The average Bonchev–Trinajstić information content (AvgIpc) is 3.10. The molecule has 128 valence electrons. The largest absolute Gasteiger partial charge is 0.454 e. The van der Waals surface area contributed by atoms with Gasteiger partial charge in [-0.3, -0.25) is 20.3 Å². The highest BCUT2D eigenvalue weighted by Crippen LogP contribution is 2.48. The quantitative estimate of drug-likeness (QED) is 0.525. The topological polar surface area (TPSA) is 115 Å². The van der Waals surface area contributed by atoms with E-state index in [2.05, 4.69) is 16.2 Å². The molecule has 0 spiro atoms. The van der Waals surface area contributed by atoms with Gasteiger partial charge in [0.25, 0.3) is 5.69 Å². The Bertz CT molecular complexity index is 715. The monoisotopic (exact) mass is 352 g/mol. The van der Waals surface area contributed by atoms with Gasteiger partial charge in [-0.25, -0.2) is 5.43 Å². The Labute approximate surface area is 141 Å². The first-order valence-electron chi connectivity index (χ1n) is 7.54. The van der Waals surface area contributed by atoms with Crippen molar-refractivity contribution in [2.24, 2.45) is 5.92 Å². The summed E-state index contributed by atoms with van der Waals surface area (Å²) < 4.78 is 10.6. The number of carbonyl (C=O) groups is 1. The molecule has 1 aromatic rings. The summed E-state index contributed by atoms with van der Waals surface area (Å²) in [6, 6.07) is 3.13. The first-order chi connectivity index (χ1) is 11.5. The van der Waals surface area contributed by atoms with Crippen LogP contribution >= 0.6 is 11.8 Å². The molecule has 0 aliphatic carbocycles. The van der Waals surface area contributed by atoms with Crippen molar-refractivity contribution in [2.75, 3.05) is 12.5 Å². The molecule has 4 atom stereocenters. The minimum absolute atomic E-state index is 0.0102. The van der Waals surface area contributed by atoms with Crippen LogP contribution < -0.4 is 25.6 Å². The molecule has 4 unspecified atom stereocenters. The van der Waals surface area contributed by atoms with Crippen LogP contribution in [0.2, 0.25) is 0 Å². The number of hydrogen-bond acceptors (Lipinski definition) is 8. The maximum atomic E-state index is 11.9. The molecule has 3 aliphatic rings. The number of fused-ring (bicyclic) bond motifs is 2. The van der Waals surface area contributed by atoms with Crippen LogP contribution in [0.5, 0.6) is 11.5 Å². The van der Waals surface area contributed by atoms with Gasteiger partial charge in [0.05, 0.1) is 22.9 Å². The van der Waals surface area contributed by atoms with Gasteiger partial charge in [-0.2, -0.15) is 0 Å². The number of nitrogens with zero attached hydrogens (tertiary/aromatic N) is 1. The third-order valence-corrected chi connectivity index (χ3v) is 5.87. The number of ether oxygens (including phenoxy) is 2. The maximum Gasteiger partial charge on any atom is 0.277 e. The lowest BCUT2D eigenvalue weighted by Crippen LogP contribution is -2.46. The van der Waals surface area contributed by atoms with Crippen LogP contribution in [0.25, 0.3) is 0 Å². The highest BCUT2D eigenvalue weighted by atomic mass is 32.2. The van der Waals surface area contributed by atoms with Crippen molar-refractivity contribution in [2.45, 2.75) is 24.4 Å². The van der Waals surface area contributed by atoms with Gasteiger partial charge < -0.3 is 14.8 Å². The predicted octanol–water partition coefficient (Wildman–Crippen LogP) is 0.666. The lowest BCUT2D eigenvalue weighted by atomic mass is 9.90. The van der Waals surface area contributed by atoms with E-state index >= 15 is 0 Å². The third-order valence-electron chi connectivity index (χ3n) is 4.51. The summed E-state index contributed by atoms with van der Waals surface area (Å²) >= 11 is 1.41. The van der Waals surface area contributed by atoms with Gasteiger partial charge in [-0.05, 0) is 13.0 Å². The standard InChI is InChI=1S/C14H16N4O5S/c1-6-12-13(24-4-11(19)15-14(12)17-16-6)7-2-9-10(23-5-22-9)3-8(7)18(20)21/h2-3,6,12-14,16-17H,4-5H2,1H3,(H,15,19). The molecule has 1 amide bonds. The van der Waals surface area contributed by atoms with Crippen molar-refractivity contribution in [3.8, 4) is 11.5 Å². The minimum atomic E-state index is -0.409. The van der Waals surface area contributed by atoms with Gasteiger partial charge in [-0.1, -0.05) is 0 Å². The highest BCUT2D eigenvalue weighted by Gasteiger charge is 2.45. The number of nitro groups is 1. The summed E-state index contributed by atoms with van der Waals surface area (Å²) in [6.45, 7) is 2.04. The minimum Gasteiger partial charge on any atom is -0.454 e. The molecular formula is C14H16N4O5S. The molecule has 3 aliphatic heterocycles. The smallest absolute Gasteiger partial charge is 0.277 e. The van der Waals surface area contributed by atoms with Crippen molar-refractivity contribution in [1.29, 1.82) is 0 Å². The van der Waals surface area contributed by atoms with E-state index in [0.29, 0.717) is 17.1 Å². The van der Waals surface area contributed by atoms with E-state index in [0.717, 1.165) is 0 Å². The molecule has 9 nitrogen and oxygen atoms in total. The summed E-state index contributed by atoms with van der Waals surface area (Å²) in [5.41, 5.74) is 6.71. The maximum absolute atomic E-state index is 11.9. The second-order valence-corrected chi connectivity index (χ2v) is 7.08. The molecule has 0 saturated carbocycles. The number of thioether (sulfide) groups is 1. The van der Waals surface area contributed by atoms with E-state index in [-0.39, 0.29) is 47.5 Å². The summed E-state index contributed by atoms with van der Waals surface area (Å²) in [4.78, 5) is 23.1. The molecule has 0 radical (unpaired) electrons. The van der Waals surface area contributed by atoms with Crippen LogP contribution in [0.15, 0.2) is 12.1 Å². The number of rotatable bonds is 2. The fourth-order valence-electron chi connectivity index (χ4n) is 3.39. The number of carbonyl (C=O) groups excluding carboxylic acids is 1. The first kappa shape index (κ1) is 15.5. The average molecular weight is 352 g/mol.